The third-order valence-electron chi connectivity index (χ3n) is 6.56. The summed E-state index contributed by atoms with van der Waals surface area (Å²) in [5, 5.41) is 2.47. The number of esters is 1. The largest absolute Gasteiger partial charge is 0.479 e. The molecular weight excluding hydrogens is 512 g/mol. The van der Waals surface area contributed by atoms with Crippen LogP contribution in [0.2, 0.25) is 0 Å². The van der Waals surface area contributed by atoms with Gasteiger partial charge in [0, 0.05) is 31.0 Å². The second-order valence-corrected chi connectivity index (χ2v) is 10.6. The lowest BCUT2D eigenvalue weighted by Crippen LogP contribution is -2.50. The van der Waals surface area contributed by atoms with E-state index < -0.39 is 77.3 Å². The summed E-state index contributed by atoms with van der Waals surface area (Å²) in [6, 6.07) is -1.49. The topological polar surface area (TPSA) is 102 Å². The van der Waals surface area contributed by atoms with Gasteiger partial charge < -0.3 is 19.7 Å². The van der Waals surface area contributed by atoms with Crippen LogP contribution in [-0.2, 0) is 23.9 Å². The lowest BCUT2D eigenvalue weighted by Gasteiger charge is -2.36. The van der Waals surface area contributed by atoms with Crippen LogP contribution in [0.5, 0.6) is 5.75 Å². The Hall–Kier alpha value is -3.18. The number of rotatable bonds is 9. The van der Waals surface area contributed by atoms with Gasteiger partial charge in [0.15, 0.2) is 23.2 Å². The number of hydrogen-bond acceptors (Lipinski definition) is 6. The van der Waals surface area contributed by atoms with Gasteiger partial charge in [-0.2, -0.15) is 8.78 Å². The molecule has 1 aliphatic carbocycles. The quantitative estimate of drug-likeness (QED) is 0.290. The van der Waals surface area contributed by atoms with Gasteiger partial charge in [-0.15, -0.1) is 0 Å². The van der Waals surface area contributed by atoms with Crippen LogP contribution in [0.15, 0.2) is 6.07 Å². The summed E-state index contributed by atoms with van der Waals surface area (Å²) in [7, 11) is 0. The molecule has 1 atom stereocenters. The van der Waals surface area contributed by atoms with Crippen molar-refractivity contribution < 1.29 is 46.2 Å². The van der Waals surface area contributed by atoms with Crippen LogP contribution in [0.3, 0.4) is 0 Å². The first kappa shape index (κ1) is 29.4. The van der Waals surface area contributed by atoms with Crippen LogP contribution in [-0.4, -0.2) is 59.8 Å². The van der Waals surface area contributed by atoms with E-state index in [1.165, 1.54) is 0 Å². The zero-order valence-corrected chi connectivity index (χ0v) is 21.6. The smallest absolute Gasteiger partial charge is 0.308 e. The number of likely N-dealkylation sites (tertiary alicyclic amines) is 1. The van der Waals surface area contributed by atoms with Gasteiger partial charge in [0.2, 0.25) is 23.4 Å². The van der Waals surface area contributed by atoms with E-state index >= 15 is 0 Å². The molecule has 1 saturated carbocycles. The van der Waals surface area contributed by atoms with Crippen LogP contribution in [0.1, 0.15) is 59.3 Å². The van der Waals surface area contributed by atoms with E-state index in [1.807, 2.05) is 0 Å². The Morgan fingerprint density at radius 3 is 2.05 bits per heavy atom. The normalized spacial score (nSPS) is 17.4. The van der Waals surface area contributed by atoms with Crippen molar-refractivity contribution in [2.45, 2.75) is 70.9 Å². The van der Waals surface area contributed by atoms with Crippen LogP contribution in [0, 0.1) is 35.1 Å². The van der Waals surface area contributed by atoms with Gasteiger partial charge in [-0.25, -0.2) is 8.78 Å². The highest BCUT2D eigenvalue weighted by Crippen LogP contribution is 2.30. The van der Waals surface area contributed by atoms with E-state index in [9.17, 15) is 36.7 Å². The molecule has 1 aliphatic heterocycles. The van der Waals surface area contributed by atoms with E-state index in [-0.39, 0.29) is 17.9 Å². The summed E-state index contributed by atoms with van der Waals surface area (Å²) in [5.74, 6) is -11.3. The third-order valence-corrected chi connectivity index (χ3v) is 6.56. The maximum Gasteiger partial charge on any atom is 0.308 e. The molecule has 2 fully saturated rings. The third kappa shape index (κ3) is 7.44. The second kappa shape index (κ2) is 12.1. The molecule has 1 N–H and O–H groups in total. The highest BCUT2D eigenvalue weighted by Gasteiger charge is 2.35. The van der Waals surface area contributed by atoms with Crippen molar-refractivity contribution >= 4 is 23.6 Å². The van der Waals surface area contributed by atoms with Crippen molar-refractivity contribution in [2.24, 2.45) is 11.8 Å². The van der Waals surface area contributed by atoms with Crippen molar-refractivity contribution in [3.8, 4) is 5.75 Å². The lowest BCUT2D eigenvalue weighted by atomic mass is 9.83. The van der Waals surface area contributed by atoms with Crippen molar-refractivity contribution in [3.05, 3.63) is 29.3 Å². The second-order valence-electron chi connectivity index (χ2n) is 10.6. The summed E-state index contributed by atoms with van der Waals surface area (Å²) in [5.41, 5.74) is -0.893. The van der Waals surface area contributed by atoms with Crippen molar-refractivity contribution in [1.82, 2.24) is 10.2 Å². The molecule has 38 heavy (non-hydrogen) atoms. The van der Waals surface area contributed by atoms with E-state index in [2.05, 4.69) is 5.32 Å². The molecule has 12 heteroatoms. The van der Waals surface area contributed by atoms with Crippen LogP contribution >= 0.6 is 0 Å². The number of nitrogens with zero attached hydrogens (tertiary/aromatic N) is 1. The summed E-state index contributed by atoms with van der Waals surface area (Å²) in [6.07, 6.45) is 2.87. The summed E-state index contributed by atoms with van der Waals surface area (Å²) < 4.78 is 64.7. The Morgan fingerprint density at radius 1 is 0.974 bits per heavy atom. The van der Waals surface area contributed by atoms with E-state index in [1.54, 1.807) is 25.7 Å². The minimum Gasteiger partial charge on any atom is -0.479 e. The Balaban J connectivity index is 1.65. The summed E-state index contributed by atoms with van der Waals surface area (Å²) >= 11 is 0. The molecule has 0 unspecified atom stereocenters. The highest BCUT2D eigenvalue weighted by molar-refractivity contribution is 5.93. The number of nitrogens with one attached hydrogen (secondary N) is 1. The number of hydrogen-bond donors (Lipinski definition) is 1. The molecule has 0 aromatic heterocycles. The van der Waals surface area contributed by atoms with Gasteiger partial charge in [0.1, 0.15) is 18.2 Å². The number of amides is 2. The molecule has 0 spiro atoms. The highest BCUT2D eigenvalue weighted by atomic mass is 19.2. The van der Waals surface area contributed by atoms with E-state index in [0.717, 1.165) is 19.3 Å². The molecule has 3 rings (SSSR count). The Bertz CT molecular complexity index is 1050. The van der Waals surface area contributed by atoms with Crippen LogP contribution in [0.25, 0.3) is 0 Å². The number of halogens is 4. The maximum atomic E-state index is 13.9. The maximum absolute atomic E-state index is 13.9. The molecule has 1 aromatic carbocycles. The molecule has 1 saturated heterocycles. The molecular formula is C26H32F4N2O6. The monoisotopic (exact) mass is 544 g/mol. The van der Waals surface area contributed by atoms with Crippen LogP contribution < -0.4 is 10.1 Å². The van der Waals surface area contributed by atoms with Gasteiger partial charge >= 0.3 is 5.97 Å². The fourth-order valence-electron chi connectivity index (χ4n) is 4.28. The Morgan fingerprint density at radius 2 is 1.55 bits per heavy atom. The number of Topliss-reactive ketones (excluding diaryl/α,β-unsaturated/α-hetero) is 1. The predicted molar refractivity (Wildman–Crippen MR) is 126 cm³/mol. The molecule has 1 heterocycles. The zero-order valence-electron chi connectivity index (χ0n) is 21.6. The van der Waals surface area contributed by atoms with Gasteiger partial charge in [0.25, 0.3) is 0 Å². The number of piperidine rings is 1. The van der Waals surface area contributed by atoms with Gasteiger partial charge in [0.05, 0.1) is 6.42 Å². The number of ketones is 1. The van der Waals surface area contributed by atoms with Crippen molar-refractivity contribution in [3.63, 3.8) is 0 Å². The van der Waals surface area contributed by atoms with Crippen LogP contribution in [0.4, 0.5) is 17.6 Å². The Kier molecular flexibility index (Phi) is 9.37. The standard InChI is InChI=1S/C26H32F4N2O6/c1-26(2,3)38-20(34)12-18(19(33)13-37-23-21(29)16(27)11-17(28)22(23)30)31-24(35)14-7-9-32(10-8-14)25(36)15-5-4-6-15/h11,14-15,18H,4-10,12-13H2,1-3H3,(H,31,35)/t18-/m0/s1. The molecule has 2 amide bonds. The van der Waals surface area contributed by atoms with E-state index in [0.29, 0.717) is 25.9 Å². The van der Waals surface area contributed by atoms with Gasteiger partial charge in [-0.3, -0.25) is 19.2 Å². The minimum atomic E-state index is -1.83. The SMILES string of the molecule is CC(C)(C)OC(=O)C[C@H](NC(=O)C1CCN(C(=O)C2CCC2)CC1)C(=O)COc1c(F)c(F)cc(F)c1F. The lowest BCUT2D eigenvalue weighted by molar-refractivity contribution is -0.156. The molecule has 210 valence electrons. The molecule has 0 bridgehead atoms. The number of carbonyl (C=O) groups excluding carboxylic acids is 4. The van der Waals surface area contributed by atoms with E-state index in [4.69, 9.17) is 9.47 Å². The Labute approximate surface area is 218 Å². The molecule has 0 radical (unpaired) electrons. The number of carbonyl (C=O) groups is 4. The number of ether oxygens (including phenoxy) is 2. The minimum absolute atomic E-state index is 0.00401. The first-order valence-electron chi connectivity index (χ1n) is 12.6. The average molecular weight is 545 g/mol. The van der Waals surface area contributed by atoms with Gasteiger partial charge in [-0.05, 0) is 46.5 Å². The molecule has 1 aromatic rings. The fourth-order valence-corrected chi connectivity index (χ4v) is 4.28. The first-order valence-corrected chi connectivity index (χ1v) is 12.6. The predicted octanol–water partition coefficient (Wildman–Crippen LogP) is 3.45. The number of benzene rings is 1. The zero-order chi connectivity index (χ0) is 28.2. The van der Waals surface area contributed by atoms with Gasteiger partial charge in [-0.1, -0.05) is 6.42 Å². The summed E-state index contributed by atoms with van der Waals surface area (Å²) in [4.78, 5) is 52.4. The van der Waals surface area contributed by atoms with Crippen molar-refractivity contribution in [2.75, 3.05) is 19.7 Å². The molecule has 2 aliphatic rings. The fraction of sp³-hybridized carbons (Fsp3) is 0.615. The first-order chi connectivity index (χ1) is 17.8. The molecule has 8 nitrogen and oxygen atoms in total. The average Bonchev–Trinajstić information content (AvgIpc) is 2.80. The van der Waals surface area contributed by atoms with Crippen molar-refractivity contribution in [1.29, 1.82) is 0 Å². The summed E-state index contributed by atoms with van der Waals surface area (Å²) in [6.45, 7) is 4.49.